The average molecular weight is 286 g/mol. The van der Waals surface area contributed by atoms with Crippen molar-refractivity contribution in [1.82, 2.24) is 0 Å². The summed E-state index contributed by atoms with van der Waals surface area (Å²) in [6.45, 7) is 0. The fraction of sp³-hybridized carbons (Fsp3) is 0.333. The molecule has 0 aromatic rings. The molecule has 110 valence electrons. The smallest absolute Gasteiger partial charge is 0.331 e. The number of allylic oxidation sites excluding steroid dienone is 2. The van der Waals surface area contributed by atoms with E-state index in [9.17, 15) is 19.2 Å². The second kappa shape index (κ2) is 8.46. The molecule has 4 N–H and O–H groups in total. The highest BCUT2D eigenvalue weighted by Gasteiger charge is 2.12. The van der Waals surface area contributed by atoms with E-state index in [0.717, 1.165) is 0 Å². The molecule has 20 heavy (non-hydrogen) atoms. The first-order chi connectivity index (χ1) is 9.23. The number of hydrogen-bond acceptors (Lipinski definition) is 4. The van der Waals surface area contributed by atoms with Gasteiger partial charge in [0.15, 0.2) is 0 Å². The Morgan fingerprint density at radius 3 is 1.15 bits per heavy atom. The van der Waals surface area contributed by atoms with Gasteiger partial charge in [-0.25, -0.2) is 9.59 Å². The molecule has 0 rings (SSSR count). The molecule has 0 aliphatic rings. The Bertz CT molecular complexity index is 428. The van der Waals surface area contributed by atoms with E-state index in [1.165, 1.54) is 12.2 Å². The zero-order valence-corrected chi connectivity index (χ0v) is 10.4. The van der Waals surface area contributed by atoms with Crippen LogP contribution >= 0.6 is 0 Å². The van der Waals surface area contributed by atoms with Crippen LogP contribution in [0.2, 0.25) is 0 Å². The third-order valence-electron chi connectivity index (χ3n) is 2.18. The van der Waals surface area contributed by atoms with Crippen molar-refractivity contribution in [2.24, 2.45) is 0 Å². The van der Waals surface area contributed by atoms with Crippen LogP contribution in [0.5, 0.6) is 0 Å². The zero-order valence-electron chi connectivity index (χ0n) is 10.4. The van der Waals surface area contributed by atoms with E-state index in [2.05, 4.69) is 0 Å². The van der Waals surface area contributed by atoms with Crippen molar-refractivity contribution in [3.8, 4) is 0 Å². The molecule has 8 heteroatoms. The number of aliphatic carboxylic acids is 4. The Labute approximate surface area is 113 Å². The molecule has 0 unspecified atom stereocenters. The van der Waals surface area contributed by atoms with Crippen LogP contribution in [0, 0.1) is 0 Å². The number of hydrogen-bond donors (Lipinski definition) is 4. The largest absolute Gasteiger partial charge is 0.481 e. The number of carboxylic acids is 4. The second-order valence-corrected chi connectivity index (χ2v) is 3.79. The molecular formula is C12H14O8. The van der Waals surface area contributed by atoms with Gasteiger partial charge in [-0.15, -0.1) is 0 Å². The van der Waals surface area contributed by atoms with Gasteiger partial charge in [0.1, 0.15) is 0 Å². The molecule has 0 aliphatic carbocycles. The highest BCUT2D eigenvalue weighted by atomic mass is 16.4. The van der Waals surface area contributed by atoms with Crippen LogP contribution in [-0.4, -0.2) is 44.3 Å². The lowest BCUT2D eigenvalue weighted by Gasteiger charge is -1.99. The number of rotatable bonds is 9. The normalized spacial score (nSPS) is 12.0. The minimum atomic E-state index is -1.36. The first kappa shape index (κ1) is 17.4. The summed E-state index contributed by atoms with van der Waals surface area (Å²) >= 11 is 0. The van der Waals surface area contributed by atoms with E-state index in [1.807, 2.05) is 0 Å². The van der Waals surface area contributed by atoms with Gasteiger partial charge in [0.25, 0.3) is 0 Å². The second-order valence-electron chi connectivity index (χ2n) is 3.79. The molecule has 8 nitrogen and oxygen atoms in total. The maximum absolute atomic E-state index is 10.7. The highest BCUT2D eigenvalue weighted by Crippen LogP contribution is 2.09. The molecule has 0 spiro atoms. The minimum Gasteiger partial charge on any atom is -0.481 e. The fourth-order valence-corrected chi connectivity index (χ4v) is 1.31. The van der Waals surface area contributed by atoms with E-state index in [1.54, 1.807) is 0 Å². The maximum atomic E-state index is 10.7. The van der Waals surface area contributed by atoms with Gasteiger partial charge in [0.2, 0.25) is 0 Å². The predicted molar refractivity (Wildman–Crippen MR) is 65.2 cm³/mol. The van der Waals surface area contributed by atoms with Crippen molar-refractivity contribution in [1.29, 1.82) is 0 Å². The third kappa shape index (κ3) is 7.64. The van der Waals surface area contributed by atoms with Crippen LogP contribution in [0.25, 0.3) is 0 Å². The van der Waals surface area contributed by atoms with Crippen LogP contribution in [0.15, 0.2) is 23.3 Å². The summed E-state index contributed by atoms with van der Waals surface area (Å²) < 4.78 is 0. The Morgan fingerprint density at radius 1 is 0.650 bits per heavy atom. The molecule has 0 heterocycles. The number of unbranched alkanes of at least 4 members (excludes halogenated alkanes) is 1. The first-order valence-corrected chi connectivity index (χ1v) is 5.52. The summed E-state index contributed by atoms with van der Waals surface area (Å²) in [5.74, 6) is -5.29. The molecule has 0 radical (unpaired) electrons. The lowest BCUT2D eigenvalue weighted by Crippen LogP contribution is -2.07. The molecule has 0 bridgehead atoms. The topological polar surface area (TPSA) is 149 Å². The SMILES string of the molecule is O=C(O)CC(=CCCC=C(CC(=O)O)C(=O)O)C(=O)O. The van der Waals surface area contributed by atoms with Gasteiger partial charge in [-0.3, -0.25) is 9.59 Å². The molecule has 0 saturated carbocycles. The van der Waals surface area contributed by atoms with E-state index < -0.39 is 36.7 Å². The van der Waals surface area contributed by atoms with E-state index in [-0.39, 0.29) is 24.0 Å². The van der Waals surface area contributed by atoms with Crippen LogP contribution in [0.3, 0.4) is 0 Å². The van der Waals surface area contributed by atoms with Crippen molar-refractivity contribution in [3.63, 3.8) is 0 Å². The molecule has 0 aromatic heterocycles. The first-order valence-electron chi connectivity index (χ1n) is 5.52. The van der Waals surface area contributed by atoms with E-state index >= 15 is 0 Å². The van der Waals surface area contributed by atoms with Crippen molar-refractivity contribution in [3.05, 3.63) is 23.3 Å². The van der Waals surface area contributed by atoms with E-state index in [4.69, 9.17) is 20.4 Å². The maximum Gasteiger partial charge on any atom is 0.331 e. The molecule has 0 aliphatic heterocycles. The summed E-state index contributed by atoms with van der Waals surface area (Å²) in [6, 6.07) is 0. The van der Waals surface area contributed by atoms with Gasteiger partial charge in [0, 0.05) is 11.1 Å². The Kier molecular flexibility index (Phi) is 7.34. The monoisotopic (exact) mass is 286 g/mol. The Balaban J connectivity index is 4.65. The van der Waals surface area contributed by atoms with Crippen molar-refractivity contribution < 1.29 is 39.6 Å². The lowest BCUT2D eigenvalue weighted by atomic mass is 10.1. The van der Waals surface area contributed by atoms with Crippen LogP contribution in [0.4, 0.5) is 0 Å². The molecule has 0 aromatic carbocycles. The summed E-state index contributed by atoms with van der Waals surface area (Å²) in [6.07, 6.45) is 1.27. The van der Waals surface area contributed by atoms with Crippen molar-refractivity contribution >= 4 is 23.9 Å². The van der Waals surface area contributed by atoms with Gasteiger partial charge in [-0.1, -0.05) is 12.2 Å². The molecule has 0 fully saturated rings. The summed E-state index contributed by atoms with van der Waals surface area (Å²) in [4.78, 5) is 42.2. The molecule has 0 saturated heterocycles. The standard InChI is InChI=1S/C12H14O8/c13-9(14)5-7(11(17)18)3-1-2-4-8(12(19)20)6-10(15)16/h3-4H,1-2,5-6H2,(H,13,14)(H,15,16)(H,17,18)(H,19,20). The van der Waals surface area contributed by atoms with Crippen molar-refractivity contribution in [2.75, 3.05) is 0 Å². The molecular weight excluding hydrogens is 272 g/mol. The average Bonchev–Trinajstić information content (AvgIpc) is 2.29. The van der Waals surface area contributed by atoms with Gasteiger partial charge < -0.3 is 20.4 Å². The van der Waals surface area contributed by atoms with E-state index in [0.29, 0.717) is 0 Å². The third-order valence-corrected chi connectivity index (χ3v) is 2.18. The van der Waals surface area contributed by atoms with Gasteiger partial charge >= 0.3 is 23.9 Å². The van der Waals surface area contributed by atoms with Gasteiger partial charge in [-0.2, -0.15) is 0 Å². The zero-order chi connectivity index (χ0) is 15.7. The molecule has 0 amide bonds. The number of carbonyl (C=O) groups is 4. The predicted octanol–water partition coefficient (Wildman–Crippen LogP) is 0.738. The summed E-state index contributed by atoms with van der Waals surface area (Å²) in [7, 11) is 0. The fourth-order valence-electron chi connectivity index (χ4n) is 1.31. The Morgan fingerprint density at radius 2 is 0.950 bits per heavy atom. The van der Waals surface area contributed by atoms with Gasteiger partial charge in [-0.05, 0) is 12.8 Å². The van der Waals surface area contributed by atoms with Crippen LogP contribution in [-0.2, 0) is 19.2 Å². The minimum absolute atomic E-state index is 0.102. The van der Waals surface area contributed by atoms with Crippen LogP contribution in [0.1, 0.15) is 25.7 Å². The highest BCUT2D eigenvalue weighted by molar-refractivity contribution is 5.92. The summed E-state index contributed by atoms with van der Waals surface area (Å²) in [5, 5.41) is 34.4. The number of carboxylic acid groups (broad SMARTS) is 4. The lowest BCUT2D eigenvalue weighted by molar-refractivity contribution is -0.139. The Hall–Kier alpha value is -2.64. The quantitative estimate of drug-likeness (QED) is 0.358. The van der Waals surface area contributed by atoms with Crippen LogP contribution < -0.4 is 0 Å². The van der Waals surface area contributed by atoms with Gasteiger partial charge in [0.05, 0.1) is 12.8 Å². The van der Waals surface area contributed by atoms with Crippen molar-refractivity contribution in [2.45, 2.75) is 25.7 Å². The summed E-state index contributed by atoms with van der Waals surface area (Å²) in [5.41, 5.74) is -0.609. The molecule has 0 atom stereocenters.